The number of methoxy groups -OCH3 is 2. The van der Waals surface area contributed by atoms with Crippen molar-refractivity contribution in [3.63, 3.8) is 0 Å². The summed E-state index contributed by atoms with van der Waals surface area (Å²) in [6, 6.07) is 11.4. The van der Waals surface area contributed by atoms with E-state index in [1.165, 1.54) is 11.8 Å². The first-order valence-electron chi connectivity index (χ1n) is 7.39. The van der Waals surface area contributed by atoms with Crippen LogP contribution in [0.4, 0.5) is 0 Å². The number of thioether (sulfide) groups is 1. The zero-order chi connectivity index (χ0) is 16.8. The van der Waals surface area contributed by atoms with E-state index in [1.54, 1.807) is 20.4 Å². The normalized spacial score (nSPS) is 10.6. The molecule has 0 radical (unpaired) electrons. The fraction of sp³-hybridized carbons (Fsp3) is 0.235. The van der Waals surface area contributed by atoms with Gasteiger partial charge < -0.3 is 13.9 Å². The van der Waals surface area contributed by atoms with Crippen LogP contribution in [0.5, 0.6) is 11.5 Å². The molecule has 24 heavy (non-hydrogen) atoms. The van der Waals surface area contributed by atoms with Gasteiger partial charge in [0.1, 0.15) is 0 Å². The molecular formula is C17H17N3O3S. The zero-order valence-electron chi connectivity index (χ0n) is 13.4. The van der Waals surface area contributed by atoms with E-state index in [0.29, 0.717) is 22.6 Å². The summed E-state index contributed by atoms with van der Waals surface area (Å²) in [4.78, 5) is 4.29. The number of ether oxygens (including phenoxy) is 2. The lowest BCUT2D eigenvalue weighted by atomic mass is 10.2. The molecule has 0 bridgehead atoms. The van der Waals surface area contributed by atoms with Gasteiger partial charge in [-0.05, 0) is 36.8 Å². The molecule has 0 aliphatic carbocycles. The summed E-state index contributed by atoms with van der Waals surface area (Å²) in [7, 11) is 3.19. The van der Waals surface area contributed by atoms with Gasteiger partial charge in [0, 0.05) is 23.2 Å². The number of rotatable bonds is 7. The van der Waals surface area contributed by atoms with Crippen LogP contribution < -0.4 is 9.47 Å². The molecule has 3 aromatic rings. The van der Waals surface area contributed by atoms with Crippen LogP contribution in [0, 0.1) is 0 Å². The van der Waals surface area contributed by atoms with Gasteiger partial charge in [0.2, 0.25) is 5.89 Å². The maximum Gasteiger partial charge on any atom is 0.276 e. The van der Waals surface area contributed by atoms with Crippen LogP contribution in [0.2, 0.25) is 0 Å². The van der Waals surface area contributed by atoms with Crippen molar-refractivity contribution in [1.29, 1.82) is 0 Å². The third kappa shape index (κ3) is 3.86. The minimum atomic E-state index is 0.455. The molecule has 0 aliphatic rings. The van der Waals surface area contributed by atoms with Crippen molar-refractivity contribution < 1.29 is 13.9 Å². The molecule has 6 nitrogen and oxygen atoms in total. The van der Waals surface area contributed by atoms with E-state index in [4.69, 9.17) is 13.9 Å². The van der Waals surface area contributed by atoms with E-state index in [0.717, 1.165) is 23.4 Å². The van der Waals surface area contributed by atoms with E-state index in [1.807, 2.05) is 36.4 Å². The third-order valence-electron chi connectivity index (χ3n) is 3.35. The summed E-state index contributed by atoms with van der Waals surface area (Å²) in [6.07, 6.45) is 2.64. The molecule has 124 valence electrons. The first-order valence-corrected chi connectivity index (χ1v) is 8.37. The minimum Gasteiger partial charge on any atom is -0.493 e. The SMILES string of the molecule is COc1ccc(-c2nnc(SCCc3ccccn3)o2)cc1OC. The van der Waals surface area contributed by atoms with Crippen LogP contribution in [0.15, 0.2) is 52.2 Å². The lowest BCUT2D eigenvalue weighted by Gasteiger charge is -2.07. The highest BCUT2D eigenvalue weighted by molar-refractivity contribution is 7.99. The predicted molar refractivity (Wildman–Crippen MR) is 91.5 cm³/mol. The van der Waals surface area contributed by atoms with E-state index >= 15 is 0 Å². The fourth-order valence-electron chi connectivity index (χ4n) is 2.14. The molecule has 7 heteroatoms. The average molecular weight is 343 g/mol. The van der Waals surface area contributed by atoms with Gasteiger partial charge >= 0.3 is 0 Å². The Hall–Kier alpha value is -2.54. The molecule has 0 unspecified atom stereocenters. The van der Waals surface area contributed by atoms with Gasteiger partial charge in [-0.25, -0.2) is 0 Å². The Kier molecular flexibility index (Phi) is 5.32. The van der Waals surface area contributed by atoms with Crippen molar-refractivity contribution in [3.8, 4) is 23.0 Å². The van der Waals surface area contributed by atoms with E-state index < -0.39 is 0 Å². The maximum atomic E-state index is 5.70. The van der Waals surface area contributed by atoms with E-state index in [2.05, 4.69) is 15.2 Å². The van der Waals surface area contributed by atoms with Crippen molar-refractivity contribution in [2.45, 2.75) is 11.6 Å². The molecule has 0 atom stereocenters. The zero-order valence-corrected chi connectivity index (χ0v) is 14.2. The lowest BCUT2D eigenvalue weighted by molar-refractivity contribution is 0.355. The Morgan fingerprint density at radius 2 is 1.92 bits per heavy atom. The van der Waals surface area contributed by atoms with Gasteiger partial charge in [-0.2, -0.15) is 0 Å². The van der Waals surface area contributed by atoms with Gasteiger partial charge in [0.15, 0.2) is 11.5 Å². The van der Waals surface area contributed by atoms with Crippen LogP contribution >= 0.6 is 11.8 Å². The van der Waals surface area contributed by atoms with Crippen LogP contribution in [-0.2, 0) is 6.42 Å². The first-order chi connectivity index (χ1) is 11.8. The highest BCUT2D eigenvalue weighted by Gasteiger charge is 2.12. The predicted octanol–water partition coefficient (Wildman–Crippen LogP) is 3.48. The quantitative estimate of drug-likeness (QED) is 0.608. The Balaban J connectivity index is 1.65. The number of aryl methyl sites for hydroxylation is 1. The smallest absolute Gasteiger partial charge is 0.276 e. The van der Waals surface area contributed by atoms with Gasteiger partial charge in [-0.1, -0.05) is 17.8 Å². The van der Waals surface area contributed by atoms with Gasteiger partial charge in [0.25, 0.3) is 5.22 Å². The first kappa shape index (κ1) is 16.3. The minimum absolute atomic E-state index is 0.455. The van der Waals surface area contributed by atoms with Crippen LogP contribution in [0.25, 0.3) is 11.5 Å². The molecule has 0 amide bonds. The van der Waals surface area contributed by atoms with Crippen LogP contribution in [0.3, 0.4) is 0 Å². The Bertz CT molecular complexity index is 793. The number of hydrogen-bond acceptors (Lipinski definition) is 7. The molecule has 2 heterocycles. The number of pyridine rings is 1. The summed E-state index contributed by atoms with van der Waals surface area (Å²) in [5.41, 5.74) is 1.83. The van der Waals surface area contributed by atoms with Gasteiger partial charge in [-0.3, -0.25) is 4.98 Å². The summed E-state index contributed by atoms with van der Waals surface area (Å²) < 4.78 is 16.2. The molecule has 0 saturated heterocycles. The topological polar surface area (TPSA) is 70.3 Å². The Morgan fingerprint density at radius 1 is 1.04 bits per heavy atom. The molecule has 0 spiro atoms. The summed E-state index contributed by atoms with van der Waals surface area (Å²) in [5.74, 6) is 2.56. The summed E-state index contributed by atoms with van der Waals surface area (Å²) in [5, 5.41) is 8.71. The molecule has 0 aliphatic heterocycles. The van der Waals surface area contributed by atoms with Gasteiger partial charge in [0.05, 0.1) is 14.2 Å². The van der Waals surface area contributed by atoms with Crippen molar-refractivity contribution in [3.05, 3.63) is 48.3 Å². The van der Waals surface area contributed by atoms with Crippen molar-refractivity contribution in [2.75, 3.05) is 20.0 Å². The monoisotopic (exact) mass is 343 g/mol. The molecule has 1 aromatic carbocycles. The molecule has 0 fully saturated rings. The highest BCUT2D eigenvalue weighted by atomic mass is 32.2. The second-order valence-corrected chi connectivity index (χ2v) is 5.91. The Labute approximate surface area is 144 Å². The number of hydrogen-bond donors (Lipinski definition) is 0. The van der Waals surface area contributed by atoms with E-state index in [-0.39, 0.29) is 0 Å². The molecule has 0 N–H and O–H groups in total. The lowest BCUT2D eigenvalue weighted by Crippen LogP contribution is -1.91. The van der Waals surface area contributed by atoms with Crippen LogP contribution in [-0.4, -0.2) is 35.2 Å². The molecular weight excluding hydrogens is 326 g/mol. The van der Waals surface area contributed by atoms with Crippen molar-refractivity contribution >= 4 is 11.8 Å². The Morgan fingerprint density at radius 3 is 2.67 bits per heavy atom. The molecule has 0 saturated carbocycles. The number of nitrogens with zero attached hydrogens (tertiary/aromatic N) is 3. The summed E-state index contributed by atoms with van der Waals surface area (Å²) in [6.45, 7) is 0. The van der Waals surface area contributed by atoms with Crippen LogP contribution in [0.1, 0.15) is 5.69 Å². The number of aromatic nitrogens is 3. The second-order valence-electron chi connectivity index (χ2n) is 4.86. The fourth-order valence-corrected chi connectivity index (χ4v) is 2.87. The second kappa shape index (κ2) is 7.83. The highest BCUT2D eigenvalue weighted by Crippen LogP contribution is 2.32. The average Bonchev–Trinajstić information content (AvgIpc) is 3.11. The number of benzene rings is 1. The standard InChI is InChI=1S/C17H17N3O3S/c1-21-14-7-6-12(11-15(14)22-2)16-19-20-17(23-16)24-10-8-13-5-3-4-9-18-13/h3-7,9,11H,8,10H2,1-2H3. The van der Waals surface area contributed by atoms with E-state index in [9.17, 15) is 0 Å². The molecule has 2 aromatic heterocycles. The third-order valence-corrected chi connectivity index (χ3v) is 4.17. The van der Waals surface area contributed by atoms with Crippen molar-refractivity contribution in [1.82, 2.24) is 15.2 Å². The maximum absolute atomic E-state index is 5.70. The van der Waals surface area contributed by atoms with Gasteiger partial charge in [-0.15, -0.1) is 10.2 Å². The summed E-state index contributed by atoms with van der Waals surface area (Å²) >= 11 is 1.51. The van der Waals surface area contributed by atoms with Crippen molar-refractivity contribution in [2.24, 2.45) is 0 Å². The molecule has 3 rings (SSSR count). The largest absolute Gasteiger partial charge is 0.493 e.